The van der Waals surface area contributed by atoms with E-state index in [1.165, 1.54) is 0 Å². The summed E-state index contributed by atoms with van der Waals surface area (Å²) >= 11 is 0. The van der Waals surface area contributed by atoms with Gasteiger partial charge in [-0.2, -0.15) is 0 Å². The molecule has 0 atom stereocenters. The molecule has 16 heavy (non-hydrogen) atoms. The number of nitrogens with zero attached hydrogens (tertiary/aromatic N) is 3. The van der Waals surface area contributed by atoms with Crippen LogP contribution in [0.4, 0.5) is 0 Å². The Kier molecular flexibility index (Phi) is 5.99. The predicted octanol–water partition coefficient (Wildman–Crippen LogP) is -0.00420. The first-order chi connectivity index (χ1) is 7.83. The number of rotatable bonds is 8. The highest BCUT2D eigenvalue weighted by molar-refractivity contribution is 4.95. The number of aryl methyl sites for hydroxylation is 1. The lowest BCUT2D eigenvalue weighted by molar-refractivity contribution is 0.180. The number of aliphatic hydroxyl groups is 1. The first kappa shape index (κ1) is 13.1. The third-order valence-electron chi connectivity index (χ3n) is 2.31. The summed E-state index contributed by atoms with van der Waals surface area (Å²) in [4.78, 5) is 0. The van der Waals surface area contributed by atoms with Gasteiger partial charge in [-0.15, -0.1) is 10.2 Å². The Bertz CT molecular complexity index is 301. The van der Waals surface area contributed by atoms with Crippen molar-refractivity contribution in [2.75, 3.05) is 27.4 Å². The lowest BCUT2D eigenvalue weighted by Crippen LogP contribution is -2.12. The lowest BCUT2D eigenvalue weighted by Gasteiger charge is -2.08. The number of ether oxygens (including phenoxy) is 2. The van der Waals surface area contributed by atoms with Gasteiger partial charge in [0, 0.05) is 33.8 Å². The normalized spacial score (nSPS) is 10.9. The molecular weight excluding hydrogens is 210 g/mol. The average Bonchev–Trinajstić information content (AvgIpc) is 2.69. The molecule has 0 unspecified atom stereocenters. The Balaban J connectivity index is 2.62. The zero-order valence-electron chi connectivity index (χ0n) is 9.85. The summed E-state index contributed by atoms with van der Waals surface area (Å²) in [6, 6.07) is 0. The van der Waals surface area contributed by atoms with Crippen molar-refractivity contribution in [3.63, 3.8) is 0 Å². The van der Waals surface area contributed by atoms with E-state index in [0.29, 0.717) is 25.6 Å². The van der Waals surface area contributed by atoms with E-state index < -0.39 is 0 Å². The predicted molar refractivity (Wildman–Crippen MR) is 58.0 cm³/mol. The Morgan fingerprint density at radius 3 is 2.44 bits per heavy atom. The Labute approximate surface area is 95.2 Å². The van der Waals surface area contributed by atoms with Crippen molar-refractivity contribution in [3.05, 3.63) is 11.6 Å². The maximum Gasteiger partial charge on any atom is 0.158 e. The smallest absolute Gasteiger partial charge is 0.158 e. The van der Waals surface area contributed by atoms with Crippen molar-refractivity contribution in [2.24, 2.45) is 0 Å². The summed E-state index contributed by atoms with van der Waals surface area (Å²) in [5, 5.41) is 17.1. The van der Waals surface area contributed by atoms with E-state index >= 15 is 0 Å². The molecule has 1 aromatic rings. The minimum Gasteiger partial charge on any atom is -0.388 e. The van der Waals surface area contributed by atoms with Crippen molar-refractivity contribution >= 4 is 0 Å². The fraction of sp³-hybridized carbons (Fsp3) is 0.800. The van der Waals surface area contributed by atoms with Gasteiger partial charge >= 0.3 is 0 Å². The fourth-order valence-corrected chi connectivity index (χ4v) is 1.49. The molecule has 0 radical (unpaired) electrons. The quantitative estimate of drug-likeness (QED) is 0.635. The van der Waals surface area contributed by atoms with Gasteiger partial charge in [0.1, 0.15) is 12.4 Å². The summed E-state index contributed by atoms with van der Waals surface area (Å²) < 4.78 is 11.9. The summed E-state index contributed by atoms with van der Waals surface area (Å²) in [6.45, 7) is 1.86. The molecular formula is C10H19N3O3. The molecule has 1 heterocycles. The van der Waals surface area contributed by atoms with Gasteiger partial charge in [0.05, 0.1) is 6.61 Å². The molecule has 0 amide bonds. The molecule has 6 nitrogen and oxygen atoms in total. The second-order valence-corrected chi connectivity index (χ2v) is 3.43. The molecule has 0 aliphatic carbocycles. The Hall–Kier alpha value is -0.980. The van der Waals surface area contributed by atoms with Crippen LogP contribution in [0.1, 0.15) is 18.1 Å². The van der Waals surface area contributed by atoms with E-state index in [-0.39, 0.29) is 6.61 Å². The minimum atomic E-state index is -0.0962. The van der Waals surface area contributed by atoms with Crippen LogP contribution >= 0.6 is 0 Å². The summed E-state index contributed by atoms with van der Waals surface area (Å²) in [5.41, 5.74) is 0. The first-order valence-electron chi connectivity index (χ1n) is 5.33. The van der Waals surface area contributed by atoms with E-state index in [9.17, 15) is 0 Å². The minimum absolute atomic E-state index is 0.0962. The van der Waals surface area contributed by atoms with Gasteiger partial charge < -0.3 is 19.1 Å². The molecule has 0 aliphatic heterocycles. The molecule has 1 N–H and O–H groups in total. The number of aromatic nitrogens is 3. The van der Waals surface area contributed by atoms with Crippen LogP contribution in [0.5, 0.6) is 0 Å². The average molecular weight is 229 g/mol. The van der Waals surface area contributed by atoms with Gasteiger partial charge in [-0.05, 0) is 6.42 Å². The van der Waals surface area contributed by atoms with Gasteiger partial charge in [0.25, 0.3) is 0 Å². The zero-order chi connectivity index (χ0) is 11.8. The van der Waals surface area contributed by atoms with Crippen LogP contribution in [0.25, 0.3) is 0 Å². The molecule has 0 spiro atoms. The standard InChI is InChI=1S/C10H19N3O3/c1-15-6-3-4-9-11-12-10(8-14)13(9)5-7-16-2/h14H,3-8H2,1-2H3. The van der Waals surface area contributed by atoms with E-state index in [1.54, 1.807) is 14.2 Å². The number of aliphatic hydroxyl groups excluding tert-OH is 1. The van der Waals surface area contributed by atoms with Crippen LogP contribution in [0.15, 0.2) is 0 Å². The second-order valence-electron chi connectivity index (χ2n) is 3.43. The van der Waals surface area contributed by atoms with Gasteiger partial charge in [0.15, 0.2) is 5.82 Å². The van der Waals surface area contributed by atoms with Gasteiger partial charge in [-0.1, -0.05) is 0 Å². The molecule has 92 valence electrons. The van der Waals surface area contributed by atoms with Gasteiger partial charge in [0.2, 0.25) is 0 Å². The van der Waals surface area contributed by atoms with E-state index in [2.05, 4.69) is 10.2 Å². The highest BCUT2D eigenvalue weighted by Gasteiger charge is 2.10. The zero-order valence-corrected chi connectivity index (χ0v) is 9.85. The fourth-order valence-electron chi connectivity index (χ4n) is 1.49. The SMILES string of the molecule is COCCCc1nnc(CO)n1CCOC. The molecule has 0 saturated heterocycles. The largest absolute Gasteiger partial charge is 0.388 e. The van der Waals surface area contributed by atoms with E-state index in [4.69, 9.17) is 14.6 Å². The number of hydrogen-bond donors (Lipinski definition) is 1. The van der Waals surface area contributed by atoms with E-state index in [0.717, 1.165) is 18.7 Å². The lowest BCUT2D eigenvalue weighted by atomic mass is 10.3. The van der Waals surface area contributed by atoms with Gasteiger partial charge in [-0.25, -0.2) is 0 Å². The van der Waals surface area contributed by atoms with E-state index in [1.807, 2.05) is 4.57 Å². The first-order valence-corrected chi connectivity index (χ1v) is 5.33. The second kappa shape index (κ2) is 7.32. The van der Waals surface area contributed by atoms with Crippen LogP contribution < -0.4 is 0 Å². The molecule has 0 aromatic carbocycles. The monoisotopic (exact) mass is 229 g/mol. The number of hydrogen-bond acceptors (Lipinski definition) is 5. The molecule has 0 fully saturated rings. The summed E-state index contributed by atoms with van der Waals surface area (Å²) in [5.74, 6) is 1.46. The molecule has 6 heteroatoms. The summed E-state index contributed by atoms with van der Waals surface area (Å²) in [7, 11) is 3.32. The summed E-state index contributed by atoms with van der Waals surface area (Å²) in [6.07, 6.45) is 1.69. The maximum atomic E-state index is 9.11. The molecule has 1 rings (SSSR count). The third-order valence-corrected chi connectivity index (χ3v) is 2.31. The molecule has 0 bridgehead atoms. The maximum absolute atomic E-state index is 9.11. The van der Waals surface area contributed by atoms with Crippen LogP contribution in [0, 0.1) is 0 Å². The molecule has 0 aliphatic rings. The highest BCUT2D eigenvalue weighted by Crippen LogP contribution is 2.05. The molecule has 0 saturated carbocycles. The van der Waals surface area contributed by atoms with Crippen molar-refractivity contribution < 1.29 is 14.6 Å². The number of methoxy groups -OCH3 is 2. The topological polar surface area (TPSA) is 69.4 Å². The van der Waals surface area contributed by atoms with Crippen molar-refractivity contribution in [1.29, 1.82) is 0 Å². The third kappa shape index (κ3) is 3.55. The highest BCUT2D eigenvalue weighted by atomic mass is 16.5. The van der Waals surface area contributed by atoms with Crippen LogP contribution in [-0.4, -0.2) is 47.3 Å². The van der Waals surface area contributed by atoms with Crippen LogP contribution in [0.3, 0.4) is 0 Å². The van der Waals surface area contributed by atoms with Crippen molar-refractivity contribution in [1.82, 2.24) is 14.8 Å². The Morgan fingerprint density at radius 1 is 1.12 bits per heavy atom. The van der Waals surface area contributed by atoms with Crippen molar-refractivity contribution in [3.8, 4) is 0 Å². The van der Waals surface area contributed by atoms with Crippen LogP contribution in [0.2, 0.25) is 0 Å². The molecule has 1 aromatic heterocycles. The van der Waals surface area contributed by atoms with Gasteiger partial charge in [-0.3, -0.25) is 0 Å². The van der Waals surface area contributed by atoms with Crippen molar-refractivity contribution in [2.45, 2.75) is 26.0 Å². The van der Waals surface area contributed by atoms with Crippen LogP contribution in [-0.2, 0) is 29.0 Å². The Morgan fingerprint density at radius 2 is 1.81 bits per heavy atom.